The van der Waals surface area contributed by atoms with Gasteiger partial charge in [0, 0.05) is 6.42 Å². The summed E-state index contributed by atoms with van der Waals surface area (Å²) < 4.78 is 11.2. The highest BCUT2D eigenvalue weighted by Gasteiger charge is 2.47. The minimum atomic E-state index is -0.487. The molecule has 4 heteroatoms. The lowest BCUT2D eigenvalue weighted by Crippen LogP contribution is -2.42. The van der Waals surface area contributed by atoms with E-state index in [0.29, 0.717) is 18.3 Å². The molecule has 4 atom stereocenters. The van der Waals surface area contributed by atoms with Crippen molar-refractivity contribution >= 4 is 11.9 Å². The van der Waals surface area contributed by atoms with Crippen LogP contribution in [0.2, 0.25) is 0 Å². The number of fused-ring (bicyclic) bond motifs is 1. The normalized spacial score (nSPS) is 30.6. The van der Waals surface area contributed by atoms with Gasteiger partial charge in [0.1, 0.15) is 11.2 Å². The summed E-state index contributed by atoms with van der Waals surface area (Å²) >= 11 is 0. The zero-order valence-corrected chi connectivity index (χ0v) is 16.2. The van der Waals surface area contributed by atoms with Gasteiger partial charge in [-0.2, -0.15) is 0 Å². The molecule has 0 heterocycles. The van der Waals surface area contributed by atoms with Crippen LogP contribution in [-0.2, 0) is 19.1 Å². The van der Waals surface area contributed by atoms with Crippen LogP contribution in [-0.4, -0.2) is 23.1 Å². The fourth-order valence-corrected chi connectivity index (χ4v) is 4.42. The Bertz CT molecular complexity index is 469. The first-order chi connectivity index (χ1) is 11.0. The van der Waals surface area contributed by atoms with Gasteiger partial charge in [0.2, 0.25) is 0 Å². The topological polar surface area (TPSA) is 52.6 Å². The molecule has 0 aromatic heterocycles. The van der Waals surface area contributed by atoms with Crippen LogP contribution in [0.3, 0.4) is 0 Å². The molecule has 138 valence electrons. The van der Waals surface area contributed by atoms with Gasteiger partial charge in [-0.05, 0) is 78.6 Å². The third-order valence-corrected chi connectivity index (χ3v) is 5.12. The van der Waals surface area contributed by atoms with E-state index >= 15 is 0 Å². The summed E-state index contributed by atoms with van der Waals surface area (Å²) in [5, 5.41) is 0. The molecule has 2 aliphatic carbocycles. The lowest BCUT2D eigenvalue weighted by atomic mass is 9.67. The highest BCUT2D eigenvalue weighted by Crippen LogP contribution is 2.49. The number of carbonyl (C=O) groups excluding carboxylic acids is 2. The van der Waals surface area contributed by atoms with Crippen molar-refractivity contribution in [3.63, 3.8) is 0 Å². The highest BCUT2D eigenvalue weighted by molar-refractivity contribution is 5.76. The average Bonchev–Trinajstić information content (AvgIpc) is 2.81. The van der Waals surface area contributed by atoms with Gasteiger partial charge in [-0.1, -0.05) is 12.8 Å². The van der Waals surface area contributed by atoms with Crippen molar-refractivity contribution in [1.29, 1.82) is 0 Å². The Hall–Kier alpha value is -1.06. The summed E-state index contributed by atoms with van der Waals surface area (Å²) in [5.41, 5.74) is -0.970. The van der Waals surface area contributed by atoms with E-state index in [0.717, 1.165) is 19.3 Å². The van der Waals surface area contributed by atoms with E-state index in [1.807, 2.05) is 41.5 Å². The maximum Gasteiger partial charge on any atom is 0.310 e. The maximum absolute atomic E-state index is 12.9. The van der Waals surface area contributed by atoms with Gasteiger partial charge in [0.15, 0.2) is 0 Å². The van der Waals surface area contributed by atoms with Crippen molar-refractivity contribution in [3.8, 4) is 0 Å². The lowest BCUT2D eigenvalue weighted by molar-refractivity contribution is -0.169. The predicted molar refractivity (Wildman–Crippen MR) is 93.4 cm³/mol. The second kappa shape index (κ2) is 7.05. The quantitative estimate of drug-likeness (QED) is 0.711. The minimum absolute atomic E-state index is 0.0500. The molecule has 0 amide bonds. The standard InChI is InChI=1S/C20H34O4/c1-19(2,3)23-16(21)12-14-11-10-13-8-7-9-15(13)17(14)18(22)24-20(4,5)6/h13-15,17H,7-12H2,1-6H3/t13?,14-,15-,17-/m1/s1. The first-order valence-corrected chi connectivity index (χ1v) is 9.41. The van der Waals surface area contributed by atoms with Crippen LogP contribution in [0.4, 0.5) is 0 Å². The summed E-state index contributed by atoms with van der Waals surface area (Å²) in [6.07, 6.45) is 5.85. The third kappa shape index (κ3) is 5.22. The van der Waals surface area contributed by atoms with Gasteiger partial charge in [0.25, 0.3) is 0 Å². The molecule has 0 radical (unpaired) electrons. The van der Waals surface area contributed by atoms with Crippen LogP contribution >= 0.6 is 0 Å². The fraction of sp³-hybridized carbons (Fsp3) is 0.900. The number of hydrogen-bond donors (Lipinski definition) is 0. The Balaban J connectivity index is 2.12. The summed E-state index contributed by atoms with van der Waals surface area (Å²) in [6.45, 7) is 11.4. The number of rotatable bonds is 3. The van der Waals surface area contributed by atoms with Crippen molar-refractivity contribution in [3.05, 3.63) is 0 Å². The van der Waals surface area contributed by atoms with Gasteiger partial charge in [-0.15, -0.1) is 0 Å². The molecular formula is C20H34O4. The first kappa shape index (κ1) is 19.3. The highest BCUT2D eigenvalue weighted by atomic mass is 16.6. The van der Waals surface area contributed by atoms with E-state index < -0.39 is 11.2 Å². The first-order valence-electron chi connectivity index (χ1n) is 9.41. The van der Waals surface area contributed by atoms with Crippen molar-refractivity contribution in [2.45, 2.75) is 91.3 Å². The molecule has 0 N–H and O–H groups in total. The Labute approximate surface area is 146 Å². The van der Waals surface area contributed by atoms with Gasteiger partial charge in [0.05, 0.1) is 5.92 Å². The van der Waals surface area contributed by atoms with Crippen LogP contribution in [0.25, 0.3) is 0 Å². The van der Waals surface area contributed by atoms with Crippen LogP contribution in [0.1, 0.15) is 80.1 Å². The molecule has 1 unspecified atom stereocenters. The number of carbonyl (C=O) groups is 2. The Morgan fingerprint density at radius 2 is 1.50 bits per heavy atom. The SMILES string of the molecule is CC(C)(C)OC(=O)C[C@H]1CCC2CCC[C@H]2[C@@H]1C(=O)OC(C)(C)C. The molecule has 0 bridgehead atoms. The second-order valence-corrected chi connectivity index (χ2v) is 9.54. The molecule has 2 saturated carbocycles. The Morgan fingerprint density at radius 1 is 0.875 bits per heavy atom. The monoisotopic (exact) mass is 338 g/mol. The largest absolute Gasteiger partial charge is 0.460 e. The van der Waals surface area contributed by atoms with E-state index in [2.05, 4.69) is 0 Å². The third-order valence-electron chi connectivity index (χ3n) is 5.12. The number of esters is 2. The van der Waals surface area contributed by atoms with Gasteiger partial charge in [-0.3, -0.25) is 9.59 Å². The van der Waals surface area contributed by atoms with Gasteiger partial charge >= 0.3 is 11.9 Å². The average molecular weight is 338 g/mol. The molecule has 0 spiro atoms. The minimum Gasteiger partial charge on any atom is -0.460 e. The summed E-state index contributed by atoms with van der Waals surface area (Å²) in [6, 6.07) is 0. The van der Waals surface area contributed by atoms with Gasteiger partial charge < -0.3 is 9.47 Å². The smallest absolute Gasteiger partial charge is 0.310 e. The second-order valence-electron chi connectivity index (χ2n) is 9.54. The molecule has 4 nitrogen and oxygen atoms in total. The van der Waals surface area contributed by atoms with Crippen LogP contribution < -0.4 is 0 Å². The molecule has 24 heavy (non-hydrogen) atoms. The van der Waals surface area contributed by atoms with Crippen molar-refractivity contribution < 1.29 is 19.1 Å². The Morgan fingerprint density at radius 3 is 2.08 bits per heavy atom. The van der Waals surface area contributed by atoms with E-state index in [-0.39, 0.29) is 23.8 Å². The van der Waals surface area contributed by atoms with Gasteiger partial charge in [-0.25, -0.2) is 0 Å². The van der Waals surface area contributed by atoms with E-state index in [9.17, 15) is 9.59 Å². The Kier molecular flexibility index (Phi) is 5.66. The van der Waals surface area contributed by atoms with E-state index in [4.69, 9.17) is 9.47 Å². The lowest BCUT2D eigenvalue weighted by Gasteiger charge is -2.39. The fourth-order valence-electron chi connectivity index (χ4n) is 4.42. The molecule has 0 saturated heterocycles. The molecule has 0 aromatic carbocycles. The maximum atomic E-state index is 12.9. The molecule has 0 aliphatic heterocycles. The van der Waals surface area contributed by atoms with Crippen LogP contribution in [0.5, 0.6) is 0 Å². The summed E-state index contributed by atoms with van der Waals surface area (Å²) in [7, 11) is 0. The van der Waals surface area contributed by atoms with Crippen LogP contribution in [0.15, 0.2) is 0 Å². The zero-order chi connectivity index (χ0) is 18.1. The molecule has 2 fully saturated rings. The van der Waals surface area contributed by atoms with E-state index in [1.54, 1.807) is 0 Å². The molecule has 2 rings (SSSR count). The van der Waals surface area contributed by atoms with Crippen molar-refractivity contribution in [1.82, 2.24) is 0 Å². The predicted octanol–water partition coefficient (Wildman–Crippen LogP) is 4.50. The summed E-state index contributed by atoms with van der Waals surface area (Å²) in [5.74, 6) is 0.579. The van der Waals surface area contributed by atoms with E-state index in [1.165, 1.54) is 12.8 Å². The van der Waals surface area contributed by atoms with Crippen molar-refractivity contribution in [2.75, 3.05) is 0 Å². The summed E-state index contributed by atoms with van der Waals surface area (Å²) in [4.78, 5) is 25.2. The molecular weight excluding hydrogens is 304 g/mol. The van der Waals surface area contributed by atoms with Crippen LogP contribution in [0, 0.1) is 23.7 Å². The molecule has 0 aromatic rings. The molecule has 2 aliphatic rings. The number of ether oxygens (including phenoxy) is 2. The van der Waals surface area contributed by atoms with Crippen molar-refractivity contribution in [2.24, 2.45) is 23.7 Å². The zero-order valence-electron chi connectivity index (χ0n) is 16.2. The number of hydrogen-bond acceptors (Lipinski definition) is 4.